The minimum absolute atomic E-state index is 0.00233. The van der Waals surface area contributed by atoms with E-state index in [0.717, 1.165) is 17.2 Å². The van der Waals surface area contributed by atoms with Crippen molar-refractivity contribution in [3.8, 4) is 5.75 Å². The molecule has 31 heavy (non-hydrogen) atoms. The highest BCUT2D eigenvalue weighted by atomic mass is 16.6. The van der Waals surface area contributed by atoms with Crippen molar-refractivity contribution in [1.82, 2.24) is 5.43 Å². The number of nitro groups is 1. The number of anilines is 1. The van der Waals surface area contributed by atoms with E-state index in [0.29, 0.717) is 5.69 Å². The number of nitro benzene ring substituents is 1. The van der Waals surface area contributed by atoms with Crippen LogP contribution in [0.2, 0.25) is 0 Å². The molecule has 1 N–H and O–H groups in total. The molecule has 1 aliphatic rings. The Morgan fingerprint density at radius 3 is 2.52 bits per heavy atom. The molecule has 2 aromatic carbocycles. The summed E-state index contributed by atoms with van der Waals surface area (Å²) >= 11 is 0. The number of nitrogens with zero attached hydrogens (tertiary/aromatic N) is 2. The van der Waals surface area contributed by atoms with Gasteiger partial charge in [-0.1, -0.05) is 30.3 Å². The molecule has 154 valence electrons. The monoisotopic (exact) mass is 419 g/mol. The molecule has 2 heterocycles. The summed E-state index contributed by atoms with van der Waals surface area (Å²) in [6.07, 6.45) is 2.39. The summed E-state index contributed by atoms with van der Waals surface area (Å²) in [6, 6.07) is 15.1. The molecule has 4 rings (SSSR count). The van der Waals surface area contributed by atoms with Gasteiger partial charge in [-0.25, -0.2) is 9.80 Å². The zero-order valence-electron chi connectivity index (χ0n) is 15.7. The maximum atomic E-state index is 12.8. The average molecular weight is 419 g/mol. The molecule has 0 radical (unpaired) electrons. The van der Waals surface area contributed by atoms with Crippen molar-refractivity contribution in [2.45, 2.75) is 0 Å². The number of para-hydroxylation sites is 2. The smallest absolute Gasteiger partial charge is 0.379 e. The van der Waals surface area contributed by atoms with E-state index < -0.39 is 34.1 Å². The Hall–Kier alpha value is -4.73. The fourth-order valence-corrected chi connectivity index (χ4v) is 2.92. The highest BCUT2D eigenvalue weighted by Crippen LogP contribution is 2.34. The number of esters is 1. The van der Waals surface area contributed by atoms with Gasteiger partial charge in [0.2, 0.25) is 11.5 Å². The lowest BCUT2D eigenvalue weighted by Gasteiger charge is -2.13. The number of amides is 2. The van der Waals surface area contributed by atoms with Crippen LogP contribution in [0.5, 0.6) is 5.75 Å². The average Bonchev–Trinajstić information content (AvgIpc) is 3.40. The van der Waals surface area contributed by atoms with Crippen LogP contribution in [0.15, 0.2) is 76.9 Å². The molecule has 10 nitrogen and oxygen atoms in total. The predicted octanol–water partition coefficient (Wildman–Crippen LogP) is 2.87. The van der Waals surface area contributed by atoms with E-state index in [2.05, 4.69) is 5.43 Å². The van der Waals surface area contributed by atoms with Crippen LogP contribution >= 0.6 is 0 Å². The highest BCUT2D eigenvalue weighted by molar-refractivity contribution is 6.31. The first kappa shape index (κ1) is 19.6. The molecule has 1 fully saturated rings. The maximum absolute atomic E-state index is 12.8. The molecule has 1 aromatic heterocycles. The summed E-state index contributed by atoms with van der Waals surface area (Å²) in [5, 5.41) is 12.5. The topological polar surface area (TPSA) is 132 Å². The Labute approximate surface area is 174 Å². The number of rotatable bonds is 5. The van der Waals surface area contributed by atoms with Crippen LogP contribution in [-0.4, -0.2) is 22.7 Å². The number of ether oxygens (including phenoxy) is 1. The Bertz CT molecular complexity index is 1220. The lowest BCUT2D eigenvalue weighted by Crippen LogP contribution is -2.35. The molecule has 10 heteroatoms. The van der Waals surface area contributed by atoms with E-state index >= 15 is 0 Å². The summed E-state index contributed by atoms with van der Waals surface area (Å²) in [7, 11) is 0. The molecule has 0 saturated carbocycles. The third-order valence-electron chi connectivity index (χ3n) is 4.34. The minimum atomic E-state index is -0.966. The van der Waals surface area contributed by atoms with Crippen molar-refractivity contribution in [1.29, 1.82) is 0 Å². The van der Waals surface area contributed by atoms with Crippen LogP contribution in [0.1, 0.15) is 16.1 Å². The van der Waals surface area contributed by atoms with E-state index in [-0.39, 0.29) is 16.9 Å². The van der Waals surface area contributed by atoms with Gasteiger partial charge >= 0.3 is 11.7 Å². The number of hydrazine groups is 1. The number of hydrogen-bond donors (Lipinski definition) is 1. The first-order valence-corrected chi connectivity index (χ1v) is 8.91. The van der Waals surface area contributed by atoms with Gasteiger partial charge in [-0.2, -0.15) is 0 Å². The van der Waals surface area contributed by atoms with E-state index in [1.165, 1.54) is 30.5 Å². The third kappa shape index (κ3) is 3.77. The number of carbonyl (C=O) groups is 3. The molecule has 1 aliphatic heterocycles. The molecule has 2 amide bonds. The normalized spacial score (nSPS) is 14.6. The van der Waals surface area contributed by atoms with Crippen molar-refractivity contribution in [3.63, 3.8) is 0 Å². The van der Waals surface area contributed by atoms with Gasteiger partial charge in [-0.15, -0.1) is 0 Å². The number of benzene rings is 2. The lowest BCUT2D eigenvalue weighted by molar-refractivity contribution is -0.385. The van der Waals surface area contributed by atoms with Crippen molar-refractivity contribution in [2.24, 2.45) is 0 Å². The van der Waals surface area contributed by atoms with Crippen molar-refractivity contribution in [2.75, 3.05) is 5.01 Å². The number of carbonyl (C=O) groups excluding carboxylic acids is 3. The Morgan fingerprint density at radius 2 is 1.84 bits per heavy atom. The molecular formula is C21H13N3O7. The highest BCUT2D eigenvalue weighted by Gasteiger charge is 2.35. The maximum Gasteiger partial charge on any atom is 0.379 e. The van der Waals surface area contributed by atoms with E-state index in [1.807, 2.05) is 0 Å². The lowest BCUT2D eigenvalue weighted by atomic mass is 10.1. The fraction of sp³-hybridized carbons (Fsp3) is 0. The van der Waals surface area contributed by atoms with E-state index in [4.69, 9.17) is 9.15 Å². The van der Waals surface area contributed by atoms with Crippen LogP contribution in [0, 0.1) is 10.1 Å². The predicted molar refractivity (Wildman–Crippen MR) is 107 cm³/mol. The van der Waals surface area contributed by atoms with Crippen LogP contribution in [-0.2, 0) is 9.59 Å². The van der Waals surface area contributed by atoms with Crippen molar-refractivity contribution < 1.29 is 28.5 Å². The van der Waals surface area contributed by atoms with Crippen molar-refractivity contribution >= 4 is 35.2 Å². The second-order valence-electron chi connectivity index (χ2n) is 6.29. The molecule has 0 spiro atoms. The van der Waals surface area contributed by atoms with Crippen LogP contribution in [0.3, 0.4) is 0 Å². The van der Waals surface area contributed by atoms with Gasteiger partial charge in [-0.05, 0) is 30.3 Å². The Balaban J connectivity index is 1.74. The van der Waals surface area contributed by atoms with E-state index in [9.17, 15) is 24.5 Å². The standard InChI is InChI=1S/C21H13N3O7/c25-19-15(20(26)23(22-19)14-7-2-1-3-8-14)12-13-6-4-9-16(24(28)29)18(13)31-21(27)17-10-5-11-30-17/h1-12H,(H,22,25). The number of nitrogens with one attached hydrogen (secondary N) is 1. The van der Waals surface area contributed by atoms with Crippen LogP contribution < -0.4 is 15.2 Å². The quantitative estimate of drug-likeness (QED) is 0.168. The van der Waals surface area contributed by atoms with E-state index in [1.54, 1.807) is 30.3 Å². The fourth-order valence-electron chi connectivity index (χ4n) is 2.92. The minimum Gasteiger partial charge on any atom is -0.457 e. The summed E-state index contributed by atoms with van der Waals surface area (Å²) < 4.78 is 10.2. The molecule has 1 saturated heterocycles. The molecule has 0 atom stereocenters. The van der Waals surface area contributed by atoms with Gasteiger partial charge < -0.3 is 9.15 Å². The second-order valence-corrected chi connectivity index (χ2v) is 6.29. The SMILES string of the molecule is O=C1NN(c2ccccc2)C(=O)C1=Cc1cccc([N+](=O)[O-])c1OC(=O)c1ccco1. The molecule has 3 aromatic rings. The number of hydrogen-bond acceptors (Lipinski definition) is 7. The number of furan rings is 1. The van der Waals surface area contributed by atoms with Gasteiger partial charge in [0, 0.05) is 11.6 Å². The molecule has 0 aliphatic carbocycles. The van der Waals surface area contributed by atoms with Gasteiger partial charge in [0.15, 0.2) is 0 Å². The molecular weight excluding hydrogens is 406 g/mol. The van der Waals surface area contributed by atoms with Gasteiger partial charge in [0.25, 0.3) is 11.8 Å². The summed E-state index contributed by atoms with van der Waals surface area (Å²) in [5.74, 6) is -2.91. The third-order valence-corrected chi connectivity index (χ3v) is 4.34. The zero-order chi connectivity index (χ0) is 22.0. The first-order valence-electron chi connectivity index (χ1n) is 8.91. The van der Waals surface area contributed by atoms with Gasteiger partial charge in [0.05, 0.1) is 16.9 Å². The second kappa shape index (κ2) is 7.95. The molecule has 0 bridgehead atoms. The van der Waals surface area contributed by atoms with Crippen molar-refractivity contribution in [3.05, 3.63) is 93.9 Å². The summed E-state index contributed by atoms with van der Waals surface area (Å²) in [4.78, 5) is 48.2. The Morgan fingerprint density at radius 1 is 1.06 bits per heavy atom. The van der Waals surface area contributed by atoms with Gasteiger partial charge in [0.1, 0.15) is 5.57 Å². The van der Waals surface area contributed by atoms with Gasteiger partial charge in [-0.3, -0.25) is 25.1 Å². The first-order chi connectivity index (χ1) is 15.0. The van der Waals surface area contributed by atoms with Crippen LogP contribution in [0.25, 0.3) is 6.08 Å². The zero-order valence-corrected chi connectivity index (χ0v) is 15.7. The summed E-state index contributed by atoms with van der Waals surface area (Å²) in [6.45, 7) is 0. The summed E-state index contributed by atoms with van der Waals surface area (Å²) in [5.41, 5.74) is 2.08. The van der Waals surface area contributed by atoms with Crippen LogP contribution in [0.4, 0.5) is 11.4 Å². The molecule has 0 unspecified atom stereocenters. The Kier molecular flexibility index (Phi) is 5.02. The largest absolute Gasteiger partial charge is 0.457 e.